The number of halogens is 2. The van der Waals surface area contributed by atoms with E-state index in [2.05, 4.69) is 4.98 Å². The van der Waals surface area contributed by atoms with Crippen LogP contribution in [0.5, 0.6) is 0 Å². The first-order chi connectivity index (χ1) is 8.66. The fraction of sp³-hybridized carbons (Fsp3) is 0. The Morgan fingerprint density at radius 3 is 2.67 bits per heavy atom. The Morgan fingerprint density at radius 2 is 1.83 bits per heavy atom. The smallest absolute Gasteiger partial charge is 0.206 e. The van der Waals surface area contributed by atoms with E-state index in [1.165, 1.54) is 4.57 Å². The Morgan fingerprint density at radius 1 is 1.06 bits per heavy atom. The molecule has 0 unspecified atom stereocenters. The number of rotatable bonds is 1. The zero-order valence-corrected chi connectivity index (χ0v) is 9.27. The third-order valence-electron chi connectivity index (χ3n) is 2.74. The van der Waals surface area contributed by atoms with Crippen molar-refractivity contribution in [3.05, 3.63) is 54.1 Å². The Balaban J connectivity index is 2.37. The van der Waals surface area contributed by atoms with Crippen LogP contribution >= 0.6 is 0 Å². The Hall–Kier alpha value is -2.43. The summed E-state index contributed by atoms with van der Waals surface area (Å²) in [5.41, 5.74) is 7.10. The number of aromatic nitrogens is 2. The van der Waals surface area contributed by atoms with E-state index in [0.29, 0.717) is 11.0 Å². The van der Waals surface area contributed by atoms with Crippen molar-refractivity contribution in [3.63, 3.8) is 0 Å². The van der Waals surface area contributed by atoms with Crippen molar-refractivity contribution in [2.75, 3.05) is 5.73 Å². The van der Waals surface area contributed by atoms with Crippen LogP contribution in [0.4, 0.5) is 14.7 Å². The average molecular weight is 245 g/mol. The van der Waals surface area contributed by atoms with Crippen LogP contribution in [-0.2, 0) is 0 Å². The largest absolute Gasteiger partial charge is 0.369 e. The quantitative estimate of drug-likeness (QED) is 0.716. The minimum atomic E-state index is -0.550. The van der Waals surface area contributed by atoms with E-state index >= 15 is 0 Å². The molecule has 3 aromatic rings. The fourth-order valence-electron chi connectivity index (χ4n) is 1.95. The standard InChI is InChI=1S/C13H9F2N3/c14-8-5-6-9(15)12(7-8)18-11-4-2-1-3-10(11)17-13(18)16/h1-7H,(H2,16,17). The Bertz CT molecular complexity index is 734. The van der Waals surface area contributed by atoms with Gasteiger partial charge in [0.15, 0.2) is 0 Å². The molecular formula is C13H9F2N3. The summed E-state index contributed by atoms with van der Waals surface area (Å²) in [7, 11) is 0. The van der Waals surface area contributed by atoms with Gasteiger partial charge in [0.2, 0.25) is 5.95 Å². The zero-order valence-electron chi connectivity index (χ0n) is 9.27. The summed E-state index contributed by atoms with van der Waals surface area (Å²) < 4.78 is 28.4. The van der Waals surface area contributed by atoms with E-state index in [0.717, 1.165) is 18.2 Å². The van der Waals surface area contributed by atoms with Crippen molar-refractivity contribution in [2.45, 2.75) is 0 Å². The molecule has 1 aromatic heterocycles. The summed E-state index contributed by atoms with van der Waals surface area (Å²) in [6.45, 7) is 0. The van der Waals surface area contributed by atoms with Crippen LogP contribution < -0.4 is 5.73 Å². The lowest BCUT2D eigenvalue weighted by Crippen LogP contribution is -2.03. The molecule has 0 saturated carbocycles. The number of nitrogen functional groups attached to an aromatic ring is 1. The van der Waals surface area contributed by atoms with E-state index in [9.17, 15) is 8.78 Å². The van der Waals surface area contributed by atoms with Crippen molar-refractivity contribution in [1.82, 2.24) is 9.55 Å². The van der Waals surface area contributed by atoms with Gasteiger partial charge in [-0.25, -0.2) is 13.8 Å². The van der Waals surface area contributed by atoms with Crippen LogP contribution in [0.3, 0.4) is 0 Å². The molecule has 0 atom stereocenters. The van der Waals surface area contributed by atoms with E-state index < -0.39 is 11.6 Å². The number of hydrogen-bond acceptors (Lipinski definition) is 2. The molecule has 0 amide bonds. The molecule has 0 aliphatic rings. The number of nitrogens with zero attached hydrogens (tertiary/aromatic N) is 2. The monoisotopic (exact) mass is 245 g/mol. The molecule has 0 aliphatic carbocycles. The molecule has 0 saturated heterocycles. The first kappa shape index (κ1) is 10.7. The SMILES string of the molecule is Nc1nc2ccccc2n1-c1cc(F)ccc1F. The van der Waals surface area contributed by atoms with E-state index in [4.69, 9.17) is 5.73 Å². The Kier molecular flexibility index (Phi) is 2.26. The van der Waals surface area contributed by atoms with Gasteiger partial charge in [-0.15, -0.1) is 0 Å². The number of imidazole rings is 1. The van der Waals surface area contributed by atoms with Gasteiger partial charge in [-0.2, -0.15) is 0 Å². The second kappa shape index (κ2) is 3.80. The third-order valence-corrected chi connectivity index (χ3v) is 2.74. The molecule has 2 aromatic carbocycles. The molecule has 90 valence electrons. The van der Waals surface area contributed by atoms with Crippen LogP contribution in [0.1, 0.15) is 0 Å². The van der Waals surface area contributed by atoms with Gasteiger partial charge in [-0.1, -0.05) is 12.1 Å². The molecule has 0 fully saturated rings. The lowest BCUT2D eigenvalue weighted by Gasteiger charge is -2.07. The normalized spacial score (nSPS) is 11.0. The average Bonchev–Trinajstić information content (AvgIpc) is 2.68. The maximum Gasteiger partial charge on any atom is 0.206 e. The van der Waals surface area contributed by atoms with Gasteiger partial charge in [0.25, 0.3) is 0 Å². The molecule has 0 aliphatic heterocycles. The maximum atomic E-state index is 13.8. The van der Waals surface area contributed by atoms with Gasteiger partial charge in [-0.3, -0.25) is 4.57 Å². The summed E-state index contributed by atoms with van der Waals surface area (Å²) in [4.78, 5) is 4.11. The lowest BCUT2D eigenvalue weighted by atomic mass is 10.2. The van der Waals surface area contributed by atoms with Gasteiger partial charge in [-0.05, 0) is 24.3 Å². The summed E-state index contributed by atoms with van der Waals surface area (Å²) in [5, 5.41) is 0. The molecule has 18 heavy (non-hydrogen) atoms. The molecule has 5 heteroatoms. The number of para-hydroxylation sites is 2. The summed E-state index contributed by atoms with van der Waals surface area (Å²) in [6.07, 6.45) is 0. The zero-order chi connectivity index (χ0) is 12.7. The number of nitrogens with two attached hydrogens (primary N) is 1. The number of fused-ring (bicyclic) bond motifs is 1. The molecule has 0 spiro atoms. The predicted octanol–water partition coefficient (Wildman–Crippen LogP) is 2.89. The van der Waals surface area contributed by atoms with Crippen molar-refractivity contribution in [2.24, 2.45) is 0 Å². The second-order valence-electron chi connectivity index (χ2n) is 3.89. The maximum absolute atomic E-state index is 13.8. The highest BCUT2D eigenvalue weighted by atomic mass is 19.1. The first-order valence-electron chi connectivity index (χ1n) is 5.35. The van der Waals surface area contributed by atoms with Gasteiger partial charge < -0.3 is 5.73 Å². The minimum absolute atomic E-state index is 0.0567. The highest BCUT2D eigenvalue weighted by Crippen LogP contribution is 2.25. The van der Waals surface area contributed by atoms with Crippen LogP contribution in [0, 0.1) is 11.6 Å². The van der Waals surface area contributed by atoms with E-state index in [-0.39, 0.29) is 11.6 Å². The highest BCUT2D eigenvalue weighted by molar-refractivity contribution is 5.80. The fourth-order valence-corrected chi connectivity index (χ4v) is 1.95. The molecule has 3 rings (SSSR count). The number of benzene rings is 2. The summed E-state index contributed by atoms with van der Waals surface area (Å²) in [6, 6.07) is 10.3. The number of anilines is 1. The lowest BCUT2D eigenvalue weighted by molar-refractivity contribution is 0.594. The Labute approximate surface area is 101 Å². The second-order valence-corrected chi connectivity index (χ2v) is 3.89. The van der Waals surface area contributed by atoms with Crippen molar-refractivity contribution >= 4 is 17.0 Å². The van der Waals surface area contributed by atoms with Crippen molar-refractivity contribution < 1.29 is 8.78 Å². The third kappa shape index (κ3) is 1.52. The van der Waals surface area contributed by atoms with Gasteiger partial charge in [0.1, 0.15) is 11.6 Å². The topological polar surface area (TPSA) is 43.8 Å². The van der Waals surface area contributed by atoms with Crippen LogP contribution in [0.25, 0.3) is 16.7 Å². The van der Waals surface area contributed by atoms with Crippen LogP contribution in [0.2, 0.25) is 0 Å². The first-order valence-corrected chi connectivity index (χ1v) is 5.35. The summed E-state index contributed by atoms with van der Waals surface area (Å²) in [5.74, 6) is -0.949. The van der Waals surface area contributed by atoms with Crippen molar-refractivity contribution in [3.8, 4) is 5.69 Å². The highest BCUT2D eigenvalue weighted by Gasteiger charge is 2.13. The minimum Gasteiger partial charge on any atom is -0.369 e. The summed E-state index contributed by atoms with van der Waals surface area (Å²) >= 11 is 0. The molecule has 1 heterocycles. The van der Waals surface area contributed by atoms with Gasteiger partial charge in [0, 0.05) is 6.07 Å². The van der Waals surface area contributed by atoms with Crippen molar-refractivity contribution in [1.29, 1.82) is 0 Å². The van der Waals surface area contributed by atoms with Crippen LogP contribution in [0.15, 0.2) is 42.5 Å². The molecule has 0 bridgehead atoms. The van der Waals surface area contributed by atoms with Gasteiger partial charge in [0.05, 0.1) is 16.7 Å². The molecule has 2 N–H and O–H groups in total. The molecule has 0 radical (unpaired) electrons. The predicted molar refractivity (Wildman–Crippen MR) is 65.4 cm³/mol. The van der Waals surface area contributed by atoms with E-state index in [1.807, 2.05) is 0 Å². The van der Waals surface area contributed by atoms with Crippen LogP contribution in [-0.4, -0.2) is 9.55 Å². The molecular weight excluding hydrogens is 236 g/mol. The van der Waals surface area contributed by atoms with E-state index in [1.54, 1.807) is 24.3 Å². The number of hydrogen-bond donors (Lipinski definition) is 1. The molecule has 3 nitrogen and oxygen atoms in total. The van der Waals surface area contributed by atoms with Gasteiger partial charge >= 0.3 is 0 Å².